The molecule has 0 spiro atoms. The molecule has 0 aliphatic heterocycles. The molecule has 3 rings (SSSR count). The van der Waals surface area contributed by atoms with Crippen LogP contribution in [0.5, 0.6) is 5.75 Å². The number of pyridine rings is 1. The molecule has 3 aromatic rings. The van der Waals surface area contributed by atoms with E-state index in [-0.39, 0.29) is 18.6 Å². The van der Waals surface area contributed by atoms with Crippen LogP contribution in [0, 0.1) is 0 Å². The quantitative estimate of drug-likeness (QED) is 0.408. The Balaban J connectivity index is 1.76. The van der Waals surface area contributed by atoms with Crippen LogP contribution in [0.1, 0.15) is 21.5 Å². The number of aromatic hydroxyl groups is 1. The van der Waals surface area contributed by atoms with E-state index in [0.717, 1.165) is 5.56 Å². The number of carboxylic acids is 1. The van der Waals surface area contributed by atoms with Crippen LogP contribution in [0.25, 0.3) is 0 Å². The molecule has 164 valence electrons. The van der Waals surface area contributed by atoms with E-state index < -0.39 is 29.9 Å². The van der Waals surface area contributed by atoms with Crippen LogP contribution in [-0.4, -0.2) is 45.1 Å². The minimum absolute atomic E-state index is 0.0255. The first kappa shape index (κ1) is 22.5. The molecule has 0 aliphatic carbocycles. The largest absolute Gasteiger partial charge is 0.508 e. The zero-order chi connectivity index (χ0) is 22.9. The summed E-state index contributed by atoms with van der Waals surface area (Å²) in [6.45, 7) is 0. The second kappa shape index (κ2) is 10.7. The summed E-state index contributed by atoms with van der Waals surface area (Å²) in [6, 6.07) is 16.1. The van der Waals surface area contributed by atoms with Crippen molar-refractivity contribution in [2.45, 2.75) is 24.9 Å². The van der Waals surface area contributed by atoms with Crippen LogP contribution in [0.4, 0.5) is 0 Å². The Labute approximate surface area is 184 Å². The third kappa shape index (κ3) is 6.40. The van der Waals surface area contributed by atoms with E-state index in [9.17, 15) is 24.6 Å². The third-order valence-electron chi connectivity index (χ3n) is 4.84. The van der Waals surface area contributed by atoms with Gasteiger partial charge in [0, 0.05) is 30.8 Å². The number of aromatic nitrogens is 1. The molecule has 2 aromatic carbocycles. The van der Waals surface area contributed by atoms with Crippen LogP contribution >= 0.6 is 0 Å². The molecule has 4 N–H and O–H groups in total. The molecule has 0 radical (unpaired) electrons. The molecule has 0 bridgehead atoms. The molecule has 1 aromatic heterocycles. The van der Waals surface area contributed by atoms with Crippen molar-refractivity contribution < 1.29 is 24.6 Å². The predicted octanol–water partition coefficient (Wildman–Crippen LogP) is 1.94. The van der Waals surface area contributed by atoms with Crippen molar-refractivity contribution >= 4 is 17.8 Å². The highest BCUT2D eigenvalue weighted by Gasteiger charge is 2.27. The van der Waals surface area contributed by atoms with Gasteiger partial charge in [-0.2, -0.15) is 0 Å². The molecule has 8 heteroatoms. The number of carbonyl (C=O) groups is 3. The fourth-order valence-corrected chi connectivity index (χ4v) is 3.14. The van der Waals surface area contributed by atoms with Crippen LogP contribution in [-0.2, 0) is 22.4 Å². The minimum Gasteiger partial charge on any atom is -0.508 e. The molecule has 2 atom stereocenters. The van der Waals surface area contributed by atoms with Gasteiger partial charge in [-0.3, -0.25) is 14.6 Å². The maximum atomic E-state index is 13.0. The van der Waals surface area contributed by atoms with Crippen molar-refractivity contribution in [1.82, 2.24) is 15.6 Å². The van der Waals surface area contributed by atoms with Gasteiger partial charge in [0.25, 0.3) is 5.91 Å². The third-order valence-corrected chi connectivity index (χ3v) is 4.84. The van der Waals surface area contributed by atoms with Crippen molar-refractivity contribution in [3.8, 4) is 5.75 Å². The average Bonchev–Trinajstić information content (AvgIpc) is 2.80. The van der Waals surface area contributed by atoms with Gasteiger partial charge < -0.3 is 20.8 Å². The number of amides is 2. The summed E-state index contributed by atoms with van der Waals surface area (Å²) in [5.41, 5.74) is 1.79. The highest BCUT2D eigenvalue weighted by atomic mass is 16.4. The summed E-state index contributed by atoms with van der Waals surface area (Å²) < 4.78 is 0. The van der Waals surface area contributed by atoms with Gasteiger partial charge in [-0.15, -0.1) is 0 Å². The van der Waals surface area contributed by atoms with Crippen molar-refractivity contribution in [2.24, 2.45) is 0 Å². The molecule has 0 saturated carbocycles. The van der Waals surface area contributed by atoms with Crippen LogP contribution in [0.15, 0.2) is 79.1 Å². The van der Waals surface area contributed by atoms with Crippen molar-refractivity contribution in [3.63, 3.8) is 0 Å². The highest BCUT2D eigenvalue weighted by molar-refractivity contribution is 5.98. The molecular formula is C24H23N3O5. The van der Waals surface area contributed by atoms with E-state index in [1.54, 1.807) is 12.1 Å². The van der Waals surface area contributed by atoms with Gasteiger partial charge in [-0.1, -0.05) is 42.5 Å². The lowest BCUT2D eigenvalue weighted by Crippen LogP contribution is -2.53. The standard InChI is InChI=1S/C24H23N3O5/c28-19-8-6-17(7-9-19)15-21(24(31)32)27-23(30)20(14-16-4-2-1-3-5-16)26-22(29)18-10-12-25-13-11-18/h1-13,20-21,28H,14-15H2,(H,26,29)(H,27,30)(H,31,32)/t20-,21-/m0/s1. The number of phenolic OH excluding ortho intramolecular Hbond substituents is 1. The van der Waals surface area contributed by atoms with E-state index in [1.807, 2.05) is 30.3 Å². The maximum absolute atomic E-state index is 13.0. The summed E-state index contributed by atoms with van der Waals surface area (Å²) in [5, 5.41) is 24.2. The molecule has 0 unspecified atom stereocenters. The molecule has 0 aliphatic rings. The second-order valence-corrected chi connectivity index (χ2v) is 7.22. The normalized spacial score (nSPS) is 12.4. The van der Waals surface area contributed by atoms with E-state index in [4.69, 9.17) is 0 Å². The SMILES string of the molecule is O=C(N[C@@H](Cc1ccccc1)C(=O)N[C@@H](Cc1ccc(O)cc1)C(=O)O)c1ccncc1. The molecular weight excluding hydrogens is 410 g/mol. The topological polar surface area (TPSA) is 129 Å². The van der Waals surface area contributed by atoms with Gasteiger partial charge >= 0.3 is 5.97 Å². The lowest BCUT2D eigenvalue weighted by molar-refractivity contribution is -0.142. The van der Waals surface area contributed by atoms with Gasteiger partial charge in [-0.25, -0.2) is 4.79 Å². The maximum Gasteiger partial charge on any atom is 0.326 e. The van der Waals surface area contributed by atoms with Crippen LogP contribution in [0.2, 0.25) is 0 Å². The molecule has 0 fully saturated rings. The van der Waals surface area contributed by atoms with Crippen molar-refractivity contribution in [2.75, 3.05) is 0 Å². The molecule has 1 heterocycles. The van der Waals surface area contributed by atoms with E-state index in [1.165, 1.54) is 36.7 Å². The Kier molecular flexibility index (Phi) is 7.53. The molecule has 0 saturated heterocycles. The zero-order valence-corrected chi connectivity index (χ0v) is 17.1. The Bertz CT molecular complexity index is 1060. The van der Waals surface area contributed by atoms with Gasteiger partial charge in [0.15, 0.2) is 0 Å². The molecule has 32 heavy (non-hydrogen) atoms. The summed E-state index contributed by atoms with van der Waals surface area (Å²) in [4.78, 5) is 41.3. The first-order valence-electron chi connectivity index (χ1n) is 9.98. The lowest BCUT2D eigenvalue weighted by atomic mass is 10.0. The zero-order valence-electron chi connectivity index (χ0n) is 17.1. The van der Waals surface area contributed by atoms with Gasteiger partial charge in [0.2, 0.25) is 5.91 Å². The second-order valence-electron chi connectivity index (χ2n) is 7.22. The van der Waals surface area contributed by atoms with Gasteiger partial charge in [-0.05, 0) is 35.4 Å². The Hall–Kier alpha value is -4.20. The first-order valence-corrected chi connectivity index (χ1v) is 9.98. The van der Waals surface area contributed by atoms with Gasteiger partial charge in [0.05, 0.1) is 0 Å². The Morgan fingerprint density at radius 1 is 0.781 bits per heavy atom. The fraction of sp³-hybridized carbons (Fsp3) is 0.167. The number of hydrogen-bond acceptors (Lipinski definition) is 5. The van der Waals surface area contributed by atoms with Crippen LogP contribution < -0.4 is 10.6 Å². The monoisotopic (exact) mass is 433 g/mol. The fourth-order valence-electron chi connectivity index (χ4n) is 3.14. The number of carboxylic acid groups (broad SMARTS) is 1. The summed E-state index contributed by atoms with van der Waals surface area (Å²) in [5.74, 6) is -2.21. The van der Waals surface area contributed by atoms with E-state index in [0.29, 0.717) is 11.1 Å². The average molecular weight is 433 g/mol. The van der Waals surface area contributed by atoms with Crippen LogP contribution in [0.3, 0.4) is 0 Å². The number of carbonyl (C=O) groups excluding carboxylic acids is 2. The highest BCUT2D eigenvalue weighted by Crippen LogP contribution is 2.12. The lowest BCUT2D eigenvalue weighted by Gasteiger charge is -2.22. The predicted molar refractivity (Wildman–Crippen MR) is 117 cm³/mol. The van der Waals surface area contributed by atoms with Crippen molar-refractivity contribution in [1.29, 1.82) is 0 Å². The van der Waals surface area contributed by atoms with Gasteiger partial charge in [0.1, 0.15) is 17.8 Å². The van der Waals surface area contributed by atoms with Crippen molar-refractivity contribution in [3.05, 3.63) is 95.8 Å². The molecule has 2 amide bonds. The number of rotatable bonds is 9. The smallest absolute Gasteiger partial charge is 0.326 e. The summed E-state index contributed by atoms with van der Waals surface area (Å²) in [6.07, 6.45) is 3.16. The Morgan fingerprint density at radius 2 is 1.38 bits per heavy atom. The summed E-state index contributed by atoms with van der Waals surface area (Å²) >= 11 is 0. The Morgan fingerprint density at radius 3 is 2.00 bits per heavy atom. The number of nitrogens with one attached hydrogen (secondary N) is 2. The number of phenols is 1. The minimum atomic E-state index is -1.21. The van der Waals surface area contributed by atoms with E-state index in [2.05, 4.69) is 15.6 Å². The molecule has 8 nitrogen and oxygen atoms in total. The number of hydrogen-bond donors (Lipinski definition) is 4. The number of aliphatic carboxylic acids is 1. The van der Waals surface area contributed by atoms with E-state index >= 15 is 0 Å². The first-order chi connectivity index (χ1) is 15.4. The number of nitrogens with zero attached hydrogens (tertiary/aromatic N) is 1. The number of benzene rings is 2. The summed E-state index contributed by atoms with van der Waals surface area (Å²) in [7, 11) is 0.